The van der Waals surface area contributed by atoms with Gasteiger partial charge < -0.3 is 4.90 Å². The highest BCUT2D eigenvalue weighted by Gasteiger charge is 2.47. The Morgan fingerprint density at radius 2 is 1.63 bits per heavy atom. The molecule has 2 aliphatic heterocycles. The average molecular weight is 533 g/mol. The van der Waals surface area contributed by atoms with Crippen LogP contribution in [0.2, 0.25) is 0 Å². The number of rotatable bonds is 6. The molecule has 0 bridgehead atoms. The number of allylic oxidation sites excluding steroid dienone is 7. The molecule has 2 aromatic rings. The highest BCUT2D eigenvalue weighted by Crippen LogP contribution is 2.47. The molecule has 0 saturated heterocycles. The molecule has 1 N–H and O–H groups in total. The van der Waals surface area contributed by atoms with E-state index in [1.165, 1.54) is 33.8 Å². The van der Waals surface area contributed by atoms with Crippen molar-refractivity contribution in [3.05, 3.63) is 106 Å². The van der Waals surface area contributed by atoms with E-state index >= 15 is 0 Å². The standard InChI is InChI=1S/C32H39BrN2/c1-8-34-27-19-17-23(3)21-25(27)31(4,5)29(34)15-13-11-10-12-14-16-30-32(6,7)26-22-24(33)18-20-28(26)35(30)9-2/h10-22,30H,8-9H2,1-7H3/p+1/b12-10+,13-11+,16-14+,29-15+. The van der Waals surface area contributed by atoms with Crippen LogP contribution in [0.4, 0.5) is 11.4 Å². The third-order valence-corrected chi connectivity index (χ3v) is 8.41. The number of hydrogen-bond donors (Lipinski definition) is 1. The lowest BCUT2D eigenvalue weighted by molar-refractivity contribution is -0.848. The van der Waals surface area contributed by atoms with Crippen molar-refractivity contribution in [2.24, 2.45) is 0 Å². The Bertz CT molecular complexity index is 1210. The highest BCUT2D eigenvalue weighted by atomic mass is 79.9. The lowest BCUT2D eigenvalue weighted by Crippen LogP contribution is -3.10. The van der Waals surface area contributed by atoms with Crippen LogP contribution in [-0.2, 0) is 10.8 Å². The summed E-state index contributed by atoms with van der Waals surface area (Å²) in [7, 11) is 0. The van der Waals surface area contributed by atoms with Gasteiger partial charge in [-0.05, 0) is 70.5 Å². The van der Waals surface area contributed by atoms with E-state index in [1.807, 2.05) is 0 Å². The second kappa shape index (κ2) is 9.95. The van der Waals surface area contributed by atoms with E-state index in [0.29, 0.717) is 6.04 Å². The zero-order valence-electron chi connectivity index (χ0n) is 22.3. The Labute approximate surface area is 220 Å². The lowest BCUT2D eigenvalue weighted by atomic mass is 9.80. The first-order chi connectivity index (χ1) is 16.6. The molecule has 2 nitrogen and oxygen atoms in total. The molecule has 4 rings (SSSR count). The van der Waals surface area contributed by atoms with Crippen molar-refractivity contribution < 1.29 is 4.90 Å². The van der Waals surface area contributed by atoms with Gasteiger partial charge >= 0.3 is 0 Å². The minimum atomic E-state index is 0.00969. The fourth-order valence-electron chi connectivity index (χ4n) is 6.01. The fraction of sp³-hybridized carbons (Fsp3) is 0.375. The van der Waals surface area contributed by atoms with Crippen LogP contribution in [0.15, 0.2) is 89.1 Å². The number of hydrogen-bond acceptors (Lipinski definition) is 1. The summed E-state index contributed by atoms with van der Waals surface area (Å²) in [6.07, 6.45) is 15.5. The van der Waals surface area contributed by atoms with Crippen LogP contribution in [0.25, 0.3) is 0 Å². The number of quaternary nitrogens is 1. The molecule has 2 unspecified atom stereocenters. The van der Waals surface area contributed by atoms with Crippen molar-refractivity contribution in [2.45, 2.75) is 65.3 Å². The topological polar surface area (TPSA) is 7.68 Å². The number of anilines is 1. The molecule has 2 aliphatic rings. The van der Waals surface area contributed by atoms with E-state index in [1.54, 1.807) is 4.90 Å². The minimum absolute atomic E-state index is 0.00969. The zero-order valence-corrected chi connectivity index (χ0v) is 23.9. The first kappa shape index (κ1) is 25.7. The van der Waals surface area contributed by atoms with Crippen LogP contribution in [0.3, 0.4) is 0 Å². The summed E-state index contributed by atoms with van der Waals surface area (Å²) in [4.78, 5) is 3.99. The molecule has 0 fully saturated rings. The van der Waals surface area contributed by atoms with Crippen molar-refractivity contribution >= 4 is 27.3 Å². The van der Waals surface area contributed by atoms with E-state index in [0.717, 1.165) is 17.6 Å². The van der Waals surface area contributed by atoms with Gasteiger partial charge in [0.2, 0.25) is 0 Å². The Hall–Kier alpha value is -2.36. The normalized spacial score (nSPS) is 23.8. The van der Waals surface area contributed by atoms with Gasteiger partial charge in [0.25, 0.3) is 0 Å². The van der Waals surface area contributed by atoms with Gasteiger partial charge in [-0.1, -0.05) is 77.9 Å². The van der Waals surface area contributed by atoms with Gasteiger partial charge in [0, 0.05) is 39.4 Å². The van der Waals surface area contributed by atoms with Gasteiger partial charge in [-0.25, -0.2) is 0 Å². The fourth-order valence-corrected chi connectivity index (χ4v) is 6.37. The molecule has 2 heterocycles. The maximum atomic E-state index is 3.66. The SMILES string of the molecule is CCN1/C(=C/C=C/C=C/C=C/C2[NH+](CC)c3ccc(Br)cc3C2(C)C)C(C)(C)c2cc(C)ccc21. The summed E-state index contributed by atoms with van der Waals surface area (Å²) in [5.74, 6) is 0. The molecular weight excluding hydrogens is 492 g/mol. The van der Waals surface area contributed by atoms with Gasteiger partial charge in [-0.3, -0.25) is 4.90 Å². The molecule has 3 heteroatoms. The van der Waals surface area contributed by atoms with Crippen LogP contribution >= 0.6 is 15.9 Å². The number of likely N-dealkylation sites (N-methyl/N-ethyl adjacent to an activating group) is 2. The zero-order chi connectivity index (χ0) is 25.4. The first-order valence-electron chi connectivity index (χ1n) is 12.9. The number of halogens is 1. The van der Waals surface area contributed by atoms with Gasteiger partial charge in [0.15, 0.2) is 0 Å². The molecule has 2 aromatic carbocycles. The summed E-state index contributed by atoms with van der Waals surface area (Å²) >= 11 is 3.66. The monoisotopic (exact) mass is 531 g/mol. The summed E-state index contributed by atoms with van der Waals surface area (Å²) in [5.41, 5.74) is 8.44. The molecule has 0 aromatic heterocycles. The van der Waals surface area contributed by atoms with Crippen LogP contribution in [0, 0.1) is 6.92 Å². The second-order valence-corrected chi connectivity index (χ2v) is 11.8. The predicted octanol–water partition coefficient (Wildman–Crippen LogP) is 7.32. The average Bonchev–Trinajstić information content (AvgIpc) is 3.16. The molecule has 0 aliphatic carbocycles. The molecule has 0 amide bonds. The van der Waals surface area contributed by atoms with Gasteiger partial charge in [0.1, 0.15) is 11.7 Å². The number of nitrogens with one attached hydrogen (secondary N) is 1. The Morgan fingerprint density at radius 3 is 2.34 bits per heavy atom. The van der Waals surface area contributed by atoms with Crippen molar-refractivity contribution in [2.75, 3.05) is 18.0 Å². The van der Waals surface area contributed by atoms with E-state index in [9.17, 15) is 0 Å². The summed E-state index contributed by atoms with van der Waals surface area (Å²) in [6, 6.07) is 14.0. The summed E-state index contributed by atoms with van der Waals surface area (Å²) < 4.78 is 1.16. The maximum Gasteiger partial charge on any atom is 0.135 e. The molecule has 2 atom stereocenters. The van der Waals surface area contributed by atoms with E-state index in [-0.39, 0.29) is 10.8 Å². The second-order valence-electron chi connectivity index (χ2n) is 10.9. The maximum absolute atomic E-state index is 3.66. The quantitative estimate of drug-likeness (QED) is 0.383. The van der Waals surface area contributed by atoms with E-state index in [4.69, 9.17) is 0 Å². The highest BCUT2D eigenvalue weighted by molar-refractivity contribution is 9.10. The van der Waals surface area contributed by atoms with E-state index in [2.05, 4.69) is 148 Å². The Kier molecular flexibility index (Phi) is 7.31. The molecular formula is C32H40BrN2+. The smallest absolute Gasteiger partial charge is 0.135 e. The van der Waals surface area contributed by atoms with Crippen molar-refractivity contribution in [3.8, 4) is 0 Å². The lowest BCUT2D eigenvalue weighted by Gasteiger charge is -2.26. The van der Waals surface area contributed by atoms with Crippen molar-refractivity contribution in [1.29, 1.82) is 0 Å². The van der Waals surface area contributed by atoms with Gasteiger partial charge in [-0.2, -0.15) is 0 Å². The molecule has 0 radical (unpaired) electrons. The summed E-state index contributed by atoms with van der Waals surface area (Å²) in [6.45, 7) is 18.2. The minimum Gasteiger partial charge on any atom is -0.344 e. The number of nitrogens with zero attached hydrogens (tertiary/aromatic N) is 1. The van der Waals surface area contributed by atoms with Gasteiger partial charge in [-0.15, -0.1) is 0 Å². The molecule has 0 spiro atoms. The van der Waals surface area contributed by atoms with E-state index < -0.39 is 0 Å². The third kappa shape index (κ3) is 4.61. The van der Waals surface area contributed by atoms with Crippen LogP contribution in [-0.4, -0.2) is 19.1 Å². The third-order valence-electron chi connectivity index (χ3n) is 7.92. The number of aryl methyl sites for hydroxylation is 1. The van der Waals surface area contributed by atoms with Crippen molar-refractivity contribution in [1.82, 2.24) is 0 Å². The van der Waals surface area contributed by atoms with Crippen LogP contribution < -0.4 is 9.80 Å². The predicted molar refractivity (Wildman–Crippen MR) is 155 cm³/mol. The van der Waals surface area contributed by atoms with Crippen molar-refractivity contribution in [3.63, 3.8) is 0 Å². The summed E-state index contributed by atoms with van der Waals surface area (Å²) in [5, 5.41) is 0. The molecule has 0 saturated carbocycles. The largest absolute Gasteiger partial charge is 0.344 e. The number of fused-ring (bicyclic) bond motifs is 2. The Balaban J connectivity index is 1.48. The van der Waals surface area contributed by atoms with Gasteiger partial charge in [0.05, 0.1) is 12.0 Å². The van der Waals surface area contributed by atoms with Crippen LogP contribution in [0.1, 0.15) is 58.2 Å². The molecule has 35 heavy (non-hydrogen) atoms. The molecule has 184 valence electrons. The number of benzene rings is 2. The first-order valence-corrected chi connectivity index (χ1v) is 13.7. The Morgan fingerprint density at radius 1 is 0.914 bits per heavy atom. The van der Waals surface area contributed by atoms with Crippen LogP contribution in [0.5, 0.6) is 0 Å².